The third kappa shape index (κ3) is 8.44. The summed E-state index contributed by atoms with van der Waals surface area (Å²) in [6.07, 6.45) is 5.14. The standard InChI is InChI=1S/C33H39N2O9/c1-21-14-15-26(42-31(36)23-10-7-6-8-11-23)30-27(43-33(3,4)44-30)13-9-12-24-18-25(39-17-16-35-34)19-28(40-20-38-5)29(24)32(37)41-22(21)2/h6-12,14-15,18-19,21-22,26-27,30H,13,16-17,20H2,1-5H3/q+1/b12-9?,15-14-/t21-,22+,26?,27+,30?/m1/s1. The van der Waals surface area contributed by atoms with Crippen LogP contribution >= 0.6 is 0 Å². The zero-order chi connectivity index (χ0) is 31.7. The van der Waals surface area contributed by atoms with Gasteiger partial charge in [-0.05, 0) is 57.0 Å². The van der Waals surface area contributed by atoms with Gasteiger partial charge in [0, 0.05) is 19.1 Å². The minimum Gasteiger partial charge on any atom is -0.485 e. The first-order valence-corrected chi connectivity index (χ1v) is 14.5. The Morgan fingerprint density at radius 2 is 1.86 bits per heavy atom. The molecular weight excluding hydrogens is 568 g/mol. The largest absolute Gasteiger partial charge is 0.485 e. The summed E-state index contributed by atoms with van der Waals surface area (Å²) in [6.45, 7) is 7.37. The first-order chi connectivity index (χ1) is 21.1. The maximum Gasteiger partial charge on any atom is 0.342 e. The zero-order valence-corrected chi connectivity index (χ0v) is 25.6. The first kappa shape index (κ1) is 32.7. The van der Waals surface area contributed by atoms with Gasteiger partial charge in [0.2, 0.25) is 5.39 Å². The van der Waals surface area contributed by atoms with E-state index in [0.29, 0.717) is 23.3 Å². The van der Waals surface area contributed by atoms with Crippen LogP contribution in [0.3, 0.4) is 0 Å². The zero-order valence-electron chi connectivity index (χ0n) is 25.6. The highest BCUT2D eigenvalue weighted by molar-refractivity contribution is 5.97. The average molecular weight is 608 g/mol. The van der Waals surface area contributed by atoms with Crippen LogP contribution in [0.5, 0.6) is 11.5 Å². The molecule has 1 fully saturated rings. The van der Waals surface area contributed by atoms with Gasteiger partial charge < -0.3 is 33.2 Å². The first-order valence-electron chi connectivity index (χ1n) is 14.5. The molecule has 2 unspecified atom stereocenters. The van der Waals surface area contributed by atoms with Gasteiger partial charge in [0.25, 0.3) is 0 Å². The number of diazo groups is 1. The van der Waals surface area contributed by atoms with Gasteiger partial charge in [-0.15, -0.1) is 0 Å². The molecule has 0 aromatic heterocycles. The van der Waals surface area contributed by atoms with E-state index >= 15 is 0 Å². The minimum absolute atomic E-state index is 0.0678. The summed E-state index contributed by atoms with van der Waals surface area (Å²) in [4.78, 5) is 29.8. The summed E-state index contributed by atoms with van der Waals surface area (Å²) in [5.41, 5.74) is 1.10. The molecule has 2 aromatic rings. The molecule has 4 rings (SSSR count). The molecule has 0 saturated carbocycles. The number of rotatable bonds is 8. The Hall–Kier alpha value is -4.24. The van der Waals surface area contributed by atoms with E-state index in [2.05, 4.69) is 4.98 Å². The van der Waals surface area contributed by atoms with Gasteiger partial charge in [0.1, 0.15) is 40.4 Å². The van der Waals surface area contributed by atoms with E-state index in [9.17, 15) is 9.59 Å². The molecule has 1 saturated heterocycles. The monoisotopic (exact) mass is 607 g/mol. The predicted octanol–water partition coefficient (Wildman–Crippen LogP) is 5.80. The molecular formula is C33H39N2O9+. The predicted molar refractivity (Wildman–Crippen MR) is 161 cm³/mol. The number of ether oxygens (including phenoxy) is 7. The number of benzene rings is 2. The smallest absolute Gasteiger partial charge is 0.342 e. The molecule has 44 heavy (non-hydrogen) atoms. The number of carbonyl (C=O) groups is 2. The minimum atomic E-state index is -0.932. The summed E-state index contributed by atoms with van der Waals surface area (Å²) in [5, 5.41) is 8.82. The van der Waals surface area contributed by atoms with Crippen molar-refractivity contribution < 1.29 is 42.7 Å². The van der Waals surface area contributed by atoms with E-state index in [1.165, 1.54) is 7.11 Å². The van der Waals surface area contributed by atoms with E-state index in [-0.39, 0.29) is 37.2 Å². The number of esters is 2. The van der Waals surface area contributed by atoms with Crippen molar-refractivity contribution in [3.63, 3.8) is 0 Å². The maximum absolute atomic E-state index is 13.6. The van der Waals surface area contributed by atoms with Crippen LogP contribution in [-0.2, 0) is 23.7 Å². The fourth-order valence-corrected chi connectivity index (χ4v) is 4.90. The Kier molecular flexibility index (Phi) is 11.1. The number of fused-ring (bicyclic) bond motifs is 2. The Morgan fingerprint density at radius 3 is 2.59 bits per heavy atom. The second kappa shape index (κ2) is 15.0. The molecule has 0 spiro atoms. The van der Waals surface area contributed by atoms with Crippen molar-refractivity contribution in [2.45, 2.75) is 64.3 Å². The highest BCUT2D eigenvalue weighted by Crippen LogP contribution is 2.36. The summed E-state index contributed by atoms with van der Waals surface area (Å²) in [6, 6.07) is 12.0. The molecule has 234 valence electrons. The summed E-state index contributed by atoms with van der Waals surface area (Å²) < 4.78 is 41.0. The van der Waals surface area contributed by atoms with Crippen molar-refractivity contribution in [1.82, 2.24) is 0 Å². The molecule has 2 aliphatic heterocycles. The van der Waals surface area contributed by atoms with E-state index in [4.69, 9.17) is 38.6 Å². The quantitative estimate of drug-likeness (QED) is 0.119. The van der Waals surface area contributed by atoms with Crippen LogP contribution in [0.2, 0.25) is 0 Å². The van der Waals surface area contributed by atoms with Crippen molar-refractivity contribution >= 4 is 18.0 Å². The summed E-state index contributed by atoms with van der Waals surface area (Å²) in [5.74, 6) is -1.67. The van der Waals surface area contributed by atoms with Crippen LogP contribution < -0.4 is 9.47 Å². The van der Waals surface area contributed by atoms with Gasteiger partial charge in [-0.1, -0.05) is 43.4 Å². The highest BCUT2D eigenvalue weighted by Gasteiger charge is 2.45. The number of cyclic esters (lactones) is 1. The number of nitrogens with zero attached hydrogens (tertiary/aromatic N) is 2. The van der Waals surface area contributed by atoms with Crippen molar-refractivity contribution in [3.8, 4) is 11.5 Å². The normalized spacial score (nSPS) is 25.4. The van der Waals surface area contributed by atoms with Gasteiger partial charge in [-0.3, -0.25) is 0 Å². The third-order valence-electron chi connectivity index (χ3n) is 7.20. The van der Waals surface area contributed by atoms with Gasteiger partial charge in [-0.25, -0.2) is 9.59 Å². The van der Waals surface area contributed by atoms with E-state index in [1.54, 1.807) is 55.5 Å². The molecule has 2 aromatic carbocycles. The second-order valence-corrected chi connectivity index (χ2v) is 11.0. The molecule has 0 radical (unpaired) electrons. The fourth-order valence-electron chi connectivity index (χ4n) is 4.90. The number of hydrogen-bond acceptors (Lipinski definition) is 10. The Balaban J connectivity index is 1.74. The number of carbonyl (C=O) groups excluding carboxylic acids is 2. The SMILES string of the molecule is COCOc1cc(OCC[N+]#N)cc2c1C(=O)O[C@@H](C)[C@H](C)/C=C\C(OC(=O)c1ccccc1)C1OC(C)(C)O[C@H]1CC=C2. The van der Waals surface area contributed by atoms with Crippen LogP contribution in [0.1, 0.15) is 60.4 Å². The Bertz CT molecular complexity index is 1400. The van der Waals surface area contributed by atoms with E-state index in [0.717, 1.165) is 0 Å². The number of methoxy groups -OCH3 is 1. The Morgan fingerprint density at radius 1 is 1.09 bits per heavy atom. The summed E-state index contributed by atoms with van der Waals surface area (Å²) in [7, 11) is 1.47. The van der Waals surface area contributed by atoms with Crippen LogP contribution in [0.4, 0.5) is 0 Å². The van der Waals surface area contributed by atoms with Gasteiger partial charge in [-0.2, -0.15) is 0 Å². The van der Waals surface area contributed by atoms with Gasteiger partial charge >= 0.3 is 18.5 Å². The summed E-state index contributed by atoms with van der Waals surface area (Å²) >= 11 is 0. The third-order valence-corrected chi connectivity index (χ3v) is 7.20. The average Bonchev–Trinajstić information content (AvgIpc) is 3.31. The lowest BCUT2D eigenvalue weighted by Crippen LogP contribution is -2.37. The topological polar surface area (TPSA) is 127 Å². The van der Waals surface area contributed by atoms with E-state index < -0.39 is 42.1 Å². The molecule has 5 atom stereocenters. The van der Waals surface area contributed by atoms with Crippen LogP contribution in [0.15, 0.2) is 60.7 Å². The van der Waals surface area contributed by atoms with Crippen molar-refractivity contribution in [3.05, 3.63) is 82.4 Å². The van der Waals surface area contributed by atoms with Crippen LogP contribution in [0, 0.1) is 11.3 Å². The molecule has 2 aliphatic rings. The molecule has 0 N–H and O–H groups in total. The Labute approximate surface area is 257 Å². The molecule has 11 heteroatoms. The lowest BCUT2D eigenvalue weighted by atomic mass is 9.98. The number of hydrogen-bond donors (Lipinski definition) is 0. The lowest BCUT2D eigenvalue weighted by molar-refractivity contribution is -0.152. The molecule has 0 amide bonds. The molecule has 0 bridgehead atoms. The fraction of sp³-hybridized carbons (Fsp3) is 0.455. The van der Waals surface area contributed by atoms with Crippen molar-refractivity contribution in [2.24, 2.45) is 5.92 Å². The highest BCUT2D eigenvalue weighted by atomic mass is 16.8. The molecule has 0 aliphatic carbocycles. The van der Waals surface area contributed by atoms with E-state index in [1.807, 2.05) is 39.0 Å². The maximum atomic E-state index is 13.6. The lowest BCUT2D eigenvalue weighted by Gasteiger charge is -2.25. The van der Waals surface area contributed by atoms with Gasteiger partial charge in [0.15, 0.2) is 19.2 Å². The molecule has 2 heterocycles. The van der Waals surface area contributed by atoms with Crippen molar-refractivity contribution in [1.29, 1.82) is 5.39 Å². The molecule has 11 nitrogen and oxygen atoms in total. The van der Waals surface area contributed by atoms with Crippen LogP contribution in [0.25, 0.3) is 11.1 Å². The van der Waals surface area contributed by atoms with Crippen molar-refractivity contribution in [2.75, 3.05) is 27.1 Å². The second-order valence-electron chi connectivity index (χ2n) is 11.0. The van der Waals surface area contributed by atoms with Gasteiger partial charge in [0.05, 0.1) is 11.7 Å². The van der Waals surface area contributed by atoms with Crippen LogP contribution in [-0.4, -0.2) is 69.2 Å².